The van der Waals surface area contributed by atoms with Crippen LogP contribution in [0.5, 0.6) is 5.75 Å². The van der Waals surface area contributed by atoms with Crippen LogP contribution in [0.3, 0.4) is 0 Å². The number of rotatable bonds is 6. The van der Waals surface area contributed by atoms with Crippen molar-refractivity contribution in [1.29, 1.82) is 0 Å². The van der Waals surface area contributed by atoms with Crippen LogP contribution >= 0.6 is 0 Å². The van der Waals surface area contributed by atoms with Crippen molar-refractivity contribution in [2.45, 2.75) is 51.8 Å². The summed E-state index contributed by atoms with van der Waals surface area (Å²) >= 11 is 0. The maximum absolute atomic E-state index is 12.3. The Balaban J connectivity index is 1.89. The van der Waals surface area contributed by atoms with Crippen LogP contribution < -0.4 is 15.8 Å². The van der Waals surface area contributed by atoms with Crippen molar-refractivity contribution in [2.24, 2.45) is 11.7 Å². The van der Waals surface area contributed by atoms with Gasteiger partial charge in [-0.15, -0.1) is 0 Å². The molecule has 0 aromatic heterocycles. The molecule has 1 aromatic carbocycles. The van der Waals surface area contributed by atoms with E-state index in [2.05, 4.69) is 5.32 Å². The Labute approximate surface area is 138 Å². The van der Waals surface area contributed by atoms with Gasteiger partial charge in [-0.3, -0.25) is 4.79 Å². The lowest BCUT2D eigenvalue weighted by molar-refractivity contribution is -0.125. The first-order chi connectivity index (χ1) is 11.0. The monoisotopic (exact) mass is 320 g/mol. The van der Waals surface area contributed by atoms with E-state index in [1.54, 1.807) is 0 Å². The van der Waals surface area contributed by atoms with Crippen LogP contribution in [-0.2, 0) is 9.53 Å². The van der Waals surface area contributed by atoms with Crippen molar-refractivity contribution in [3.63, 3.8) is 0 Å². The summed E-state index contributed by atoms with van der Waals surface area (Å²) in [7, 11) is 0. The van der Waals surface area contributed by atoms with E-state index in [1.807, 2.05) is 45.0 Å². The molecule has 3 N–H and O–H groups in total. The van der Waals surface area contributed by atoms with Gasteiger partial charge in [-0.2, -0.15) is 0 Å². The molecule has 0 bridgehead atoms. The highest BCUT2D eigenvalue weighted by molar-refractivity contribution is 5.82. The number of nitrogens with two attached hydrogens (primary N) is 1. The van der Waals surface area contributed by atoms with E-state index in [9.17, 15) is 4.79 Å². The third kappa shape index (κ3) is 5.22. The number of ether oxygens (including phenoxy) is 2. The van der Waals surface area contributed by atoms with Crippen LogP contribution in [0, 0.1) is 5.92 Å². The summed E-state index contributed by atoms with van der Waals surface area (Å²) in [5, 5.41) is 3.01. The molecule has 1 fully saturated rings. The Morgan fingerprint density at radius 1 is 1.22 bits per heavy atom. The number of benzene rings is 1. The van der Waals surface area contributed by atoms with E-state index >= 15 is 0 Å². The summed E-state index contributed by atoms with van der Waals surface area (Å²) in [5.41, 5.74) is 7.15. The van der Waals surface area contributed by atoms with Gasteiger partial charge in [-0.25, -0.2) is 0 Å². The smallest absolute Gasteiger partial charge is 0.237 e. The van der Waals surface area contributed by atoms with Crippen LogP contribution in [0.2, 0.25) is 0 Å². The van der Waals surface area contributed by atoms with Gasteiger partial charge >= 0.3 is 0 Å². The van der Waals surface area contributed by atoms with Crippen LogP contribution in [0.15, 0.2) is 24.3 Å². The highest BCUT2D eigenvalue weighted by atomic mass is 16.5. The molecule has 1 amide bonds. The predicted octanol–water partition coefficient (Wildman–Crippen LogP) is 2.40. The maximum atomic E-state index is 12.3. The lowest BCUT2D eigenvalue weighted by atomic mass is 9.91. The second-order valence-electron chi connectivity index (χ2n) is 6.44. The first kappa shape index (κ1) is 17.8. The highest BCUT2D eigenvalue weighted by Gasteiger charge is 2.27. The molecular formula is C18H28N2O3. The minimum atomic E-state index is -0.468. The third-order valence-electron chi connectivity index (χ3n) is 4.19. The van der Waals surface area contributed by atoms with E-state index in [4.69, 9.17) is 15.2 Å². The van der Waals surface area contributed by atoms with Gasteiger partial charge in [-0.1, -0.05) is 12.1 Å². The average molecular weight is 320 g/mol. The summed E-state index contributed by atoms with van der Waals surface area (Å²) in [5.74, 6) is 0.950. The highest BCUT2D eigenvalue weighted by Crippen LogP contribution is 2.21. The van der Waals surface area contributed by atoms with E-state index < -0.39 is 6.04 Å². The van der Waals surface area contributed by atoms with Gasteiger partial charge in [0.2, 0.25) is 5.91 Å². The SMILES string of the molecule is CC(C)Oc1ccc(C(C)NC(=O)C(N)C2CCOCC2)cc1. The molecular weight excluding hydrogens is 292 g/mol. The summed E-state index contributed by atoms with van der Waals surface area (Å²) in [6, 6.07) is 7.25. The van der Waals surface area contributed by atoms with Crippen LogP contribution in [-0.4, -0.2) is 31.3 Å². The number of hydrogen-bond donors (Lipinski definition) is 2. The van der Waals surface area contributed by atoms with Crippen LogP contribution in [0.25, 0.3) is 0 Å². The first-order valence-corrected chi connectivity index (χ1v) is 8.37. The summed E-state index contributed by atoms with van der Waals surface area (Å²) in [4.78, 5) is 12.3. The zero-order chi connectivity index (χ0) is 16.8. The molecule has 128 valence electrons. The molecule has 0 spiro atoms. The molecule has 2 atom stereocenters. The topological polar surface area (TPSA) is 73.6 Å². The largest absolute Gasteiger partial charge is 0.491 e. The Morgan fingerprint density at radius 2 is 1.83 bits per heavy atom. The fourth-order valence-corrected chi connectivity index (χ4v) is 2.79. The molecule has 0 saturated carbocycles. The molecule has 2 rings (SSSR count). The van der Waals surface area contributed by atoms with Gasteiger partial charge in [0.25, 0.3) is 0 Å². The molecule has 5 heteroatoms. The summed E-state index contributed by atoms with van der Waals surface area (Å²) in [6.45, 7) is 7.34. The lowest BCUT2D eigenvalue weighted by Gasteiger charge is -2.28. The number of amides is 1. The molecule has 1 aliphatic rings. The first-order valence-electron chi connectivity index (χ1n) is 8.37. The third-order valence-corrected chi connectivity index (χ3v) is 4.19. The van der Waals surface area contributed by atoms with E-state index in [0.717, 1.165) is 24.2 Å². The second-order valence-corrected chi connectivity index (χ2v) is 6.44. The van der Waals surface area contributed by atoms with Gasteiger partial charge in [0, 0.05) is 13.2 Å². The quantitative estimate of drug-likeness (QED) is 0.844. The van der Waals surface area contributed by atoms with Crippen molar-refractivity contribution >= 4 is 5.91 Å². The van der Waals surface area contributed by atoms with Crippen molar-refractivity contribution in [3.8, 4) is 5.75 Å². The van der Waals surface area contributed by atoms with Crippen LogP contribution in [0.4, 0.5) is 0 Å². The molecule has 2 unspecified atom stereocenters. The van der Waals surface area contributed by atoms with Gasteiger partial charge in [0.15, 0.2) is 0 Å². The number of hydrogen-bond acceptors (Lipinski definition) is 4. The standard InChI is InChI=1S/C18H28N2O3/c1-12(2)23-16-6-4-14(5-7-16)13(3)20-18(21)17(19)15-8-10-22-11-9-15/h4-7,12-13,15,17H,8-11,19H2,1-3H3,(H,20,21). The maximum Gasteiger partial charge on any atom is 0.237 e. The molecule has 5 nitrogen and oxygen atoms in total. The lowest BCUT2D eigenvalue weighted by Crippen LogP contribution is -2.47. The molecule has 1 aliphatic heterocycles. The Kier molecular flexibility index (Phi) is 6.42. The molecule has 1 saturated heterocycles. The normalized spacial score (nSPS) is 18.5. The fraction of sp³-hybridized carbons (Fsp3) is 0.611. The number of carbonyl (C=O) groups is 1. The summed E-state index contributed by atoms with van der Waals surface area (Å²) < 4.78 is 10.9. The number of nitrogens with one attached hydrogen (secondary N) is 1. The molecule has 0 radical (unpaired) electrons. The van der Waals surface area contributed by atoms with Gasteiger partial charge in [0.1, 0.15) is 5.75 Å². The minimum Gasteiger partial charge on any atom is -0.491 e. The minimum absolute atomic E-state index is 0.0820. The average Bonchev–Trinajstić information content (AvgIpc) is 2.55. The number of carbonyl (C=O) groups excluding carboxylic acids is 1. The van der Waals surface area contributed by atoms with Gasteiger partial charge in [0.05, 0.1) is 18.2 Å². The molecule has 1 heterocycles. The Morgan fingerprint density at radius 3 is 2.39 bits per heavy atom. The summed E-state index contributed by atoms with van der Waals surface area (Å²) in [6.07, 6.45) is 1.85. The van der Waals surface area contributed by atoms with Crippen molar-refractivity contribution in [2.75, 3.05) is 13.2 Å². The van der Waals surface area contributed by atoms with Gasteiger partial charge < -0.3 is 20.5 Å². The van der Waals surface area contributed by atoms with Gasteiger partial charge in [-0.05, 0) is 57.2 Å². The van der Waals surface area contributed by atoms with Crippen molar-refractivity contribution in [3.05, 3.63) is 29.8 Å². The van der Waals surface area contributed by atoms with Crippen molar-refractivity contribution in [1.82, 2.24) is 5.32 Å². The second kappa shape index (κ2) is 8.31. The zero-order valence-electron chi connectivity index (χ0n) is 14.2. The predicted molar refractivity (Wildman–Crippen MR) is 90.3 cm³/mol. The Bertz CT molecular complexity index is 495. The zero-order valence-corrected chi connectivity index (χ0v) is 14.2. The fourth-order valence-electron chi connectivity index (χ4n) is 2.79. The van der Waals surface area contributed by atoms with E-state index in [-0.39, 0.29) is 24.0 Å². The molecule has 1 aromatic rings. The van der Waals surface area contributed by atoms with E-state index in [0.29, 0.717) is 13.2 Å². The van der Waals surface area contributed by atoms with E-state index in [1.165, 1.54) is 0 Å². The van der Waals surface area contributed by atoms with Crippen molar-refractivity contribution < 1.29 is 14.3 Å². The van der Waals surface area contributed by atoms with Crippen LogP contribution in [0.1, 0.15) is 45.2 Å². The Hall–Kier alpha value is -1.59. The molecule has 0 aliphatic carbocycles. The molecule has 23 heavy (non-hydrogen) atoms.